The maximum Gasteiger partial charge on any atom is 0.306 e. The first-order valence-corrected chi connectivity index (χ1v) is 28.5. The fourth-order valence-electron chi connectivity index (χ4n) is 7.29. The largest absolute Gasteiger partial charge is 0.756 e. The first-order chi connectivity index (χ1) is 32.0. The van der Waals surface area contributed by atoms with Gasteiger partial charge in [-0.3, -0.25) is 14.2 Å². The van der Waals surface area contributed by atoms with E-state index in [0.29, 0.717) is 23.9 Å². The number of rotatable bonds is 49. The molecule has 384 valence electrons. The Morgan fingerprint density at radius 3 is 1.27 bits per heavy atom. The zero-order valence-corrected chi connectivity index (χ0v) is 44.3. The van der Waals surface area contributed by atoms with Crippen LogP contribution < -0.4 is 4.89 Å². The third kappa shape index (κ3) is 51.1. The van der Waals surface area contributed by atoms with E-state index in [1.807, 2.05) is 21.1 Å². The van der Waals surface area contributed by atoms with Gasteiger partial charge in [0.25, 0.3) is 7.82 Å². The molecule has 0 spiro atoms. The molecule has 0 aromatic carbocycles. The van der Waals surface area contributed by atoms with Gasteiger partial charge in [0.2, 0.25) is 0 Å². The van der Waals surface area contributed by atoms with Crippen LogP contribution in [0.5, 0.6) is 0 Å². The summed E-state index contributed by atoms with van der Waals surface area (Å²) >= 11 is 0. The molecule has 0 N–H and O–H groups in total. The predicted octanol–water partition coefficient (Wildman–Crippen LogP) is 15.7. The minimum atomic E-state index is -4.65. The molecule has 2 atom stereocenters. The molecule has 66 heavy (non-hydrogen) atoms. The highest BCUT2D eigenvalue weighted by molar-refractivity contribution is 7.45. The highest BCUT2D eigenvalue weighted by Crippen LogP contribution is 2.38. The quantitative estimate of drug-likeness (QED) is 0.0195. The van der Waals surface area contributed by atoms with E-state index < -0.39 is 32.5 Å². The molecule has 0 rings (SSSR count). The van der Waals surface area contributed by atoms with Crippen LogP contribution in [0.15, 0.2) is 60.8 Å². The van der Waals surface area contributed by atoms with Crippen LogP contribution in [0.1, 0.15) is 232 Å². The first kappa shape index (κ1) is 63.7. The van der Waals surface area contributed by atoms with Gasteiger partial charge in [0, 0.05) is 12.8 Å². The number of carbonyl (C=O) groups excluding carboxylic acids is 2. The Hall–Kier alpha value is -2.29. The molecule has 0 saturated carbocycles. The van der Waals surface area contributed by atoms with Crippen molar-refractivity contribution in [3.63, 3.8) is 0 Å². The molecular formula is C56H102NO8P. The number of nitrogens with zero attached hydrogens (tertiary/aromatic N) is 1. The zero-order valence-electron chi connectivity index (χ0n) is 43.4. The number of ether oxygens (including phenoxy) is 2. The lowest BCUT2D eigenvalue weighted by atomic mass is 10.0. The summed E-state index contributed by atoms with van der Waals surface area (Å²) in [6.45, 7) is 4.18. The molecule has 0 heterocycles. The van der Waals surface area contributed by atoms with Gasteiger partial charge in [0.1, 0.15) is 19.8 Å². The Bertz CT molecular complexity index is 1300. The van der Waals surface area contributed by atoms with Gasteiger partial charge in [0.15, 0.2) is 6.10 Å². The van der Waals surface area contributed by atoms with Gasteiger partial charge in [-0.05, 0) is 77.0 Å². The lowest BCUT2D eigenvalue weighted by Gasteiger charge is -2.28. The van der Waals surface area contributed by atoms with Crippen molar-refractivity contribution >= 4 is 19.8 Å². The smallest absolute Gasteiger partial charge is 0.306 e. The normalized spacial score (nSPS) is 13.8. The van der Waals surface area contributed by atoms with Gasteiger partial charge in [-0.1, -0.05) is 203 Å². The van der Waals surface area contributed by atoms with Crippen molar-refractivity contribution < 1.29 is 42.1 Å². The number of carbonyl (C=O) groups is 2. The summed E-state index contributed by atoms with van der Waals surface area (Å²) in [6.07, 6.45) is 59.8. The van der Waals surface area contributed by atoms with Crippen molar-refractivity contribution in [3.8, 4) is 0 Å². The van der Waals surface area contributed by atoms with Gasteiger partial charge < -0.3 is 27.9 Å². The first-order valence-electron chi connectivity index (χ1n) is 27.0. The van der Waals surface area contributed by atoms with Crippen LogP contribution in [0.25, 0.3) is 0 Å². The number of hydrogen-bond acceptors (Lipinski definition) is 8. The average molecular weight is 948 g/mol. The minimum absolute atomic E-state index is 0.0409. The predicted molar refractivity (Wildman–Crippen MR) is 277 cm³/mol. The summed E-state index contributed by atoms with van der Waals surface area (Å²) in [4.78, 5) is 37.7. The third-order valence-corrected chi connectivity index (χ3v) is 12.5. The van der Waals surface area contributed by atoms with E-state index in [9.17, 15) is 19.0 Å². The van der Waals surface area contributed by atoms with E-state index in [4.69, 9.17) is 18.5 Å². The van der Waals surface area contributed by atoms with Gasteiger partial charge in [0.05, 0.1) is 27.7 Å². The fraction of sp³-hybridized carbons (Fsp3) is 0.786. The Morgan fingerprint density at radius 1 is 0.470 bits per heavy atom. The number of hydrogen-bond donors (Lipinski definition) is 0. The van der Waals surface area contributed by atoms with E-state index in [1.165, 1.54) is 148 Å². The molecule has 0 aliphatic heterocycles. The van der Waals surface area contributed by atoms with E-state index in [-0.39, 0.29) is 26.1 Å². The van der Waals surface area contributed by atoms with Crippen molar-refractivity contribution in [1.29, 1.82) is 0 Å². The molecule has 10 heteroatoms. The maximum absolute atomic E-state index is 12.8. The molecule has 0 aliphatic carbocycles. The lowest BCUT2D eigenvalue weighted by molar-refractivity contribution is -0.870. The van der Waals surface area contributed by atoms with Crippen LogP contribution in [-0.2, 0) is 32.7 Å². The summed E-state index contributed by atoms with van der Waals surface area (Å²) in [5, 5.41) is 0. The van der Waals surface area contributed by atoms with Crippen molar-refractivity contribution in [2.45, 2.75) is 238 Å². The minimum Gasteiger partial charge on any atom is -0.756 e. The van der Waals surface area contributed by atoms with E-state index in [0.717, 1.165) is 44.9 Å². The van der Waals surface area contributed by atoms with Gasteiger partial charge in [-0.25, -0.2) is 0 Å². The standard InChI is InChI=1S/C56H102NO8P/c1-6-8-10-12-14-16-18-20-22-24-26-28-30-32-34-36-38-40-42-44-46-48-55(58)62-52-54(53-64-66(60,61)63-51-50-57(3,4)5)65-56(59)49-47-45-43-41-39-37-35-33-31-29-27-25-23-21-19-17-15-13-11-9-7-2/h21-24,28,30,34,36,40,42,54H,6-20,25-27,29,31-33,35,37-39,41,43-53H2,1-5H3/b23-21+,24-22+,30-28+,36-34+,42-40+/t54-/m1/s1. The van der Waals surface area contributed by atoms with Crippen LogP contribution in [0.2, 0.25) is 0 Å². The summed E-state index contributed by atoms with van der Waals surface area (Å²) in [6, 6.07) is 0. The number of phosphoric ester groups is 1. The Kier molecular flexibility index (Phi) is 46.1. The second kappa shape index (κ2) is 47.8. The molecule has 0 bridgehead atoms. The molecular weight excluding hydrogens is 846 g/mol. The van der Waals surface area contributed by atoms with Crippen LogP contribution in [0, 0.1) is 0 Å². The molecule has 0 radical (unpaired) electrons. The number of esters is 2. The van der Waals surface area contributed by atoms with Crippen molar-refractivity contribution in [1.82, 2.24) is 0 Å². The number of likely N-dealkylation sites (N-methyl/N-ethyl adjacent to an activating group) is 1. The summed E-state index contributed by atoms with van der Waals surface area (Å²) in [7, 11) is 1.14. The number of quaternary nitrogens is 1. The fourth-order valence-corrected chi connectivity index (χ4v) is 8.02. The van der Waals surface area contributed by atoms with Crippen molar-refractivity contribution in [2.75, 3.05) is 47.5 Å². The second-order valence-electron chi connectivity index (χ2n) is 19.2. The summed E-state index contributed by atoms with van der Waals surface area (Å²) in [5.74, 6) is -0.897. The maximum atomic E-state index is 12.8. The Morgan fingerprint density at radius 2 is 0.833 bits per heavy atom. The topological polar surface area (TPSA) is 111 Å². The van der Waals surface area contributed by atoms with Gasteiger partial charge in [-0.2, -0.15) is 0 Å². The molecule has 0 aromatic rings. The molecule has 1 unspecified atom stereocenters. The summed E-state index contributed by atoms with van der Waals surface area (Å²) in [5.41, 5.74) is 0. The Labute approximate surface area is 406 Å². The van der Waals surface area contributed by atoms with Crippen LogP contribution in [-0.4, -0.2) is 70.0 Å². The lowest BCUT2D eigenvalue weighted by Crippen LogP contribution is -2.37. The molecule has 0 fully saturated rings. The molecule has 9 nitrogen and oxygen atoms in total. The number of allylic oxidation sites excluding steroid dienone is 10. The van der Waals surface area contributed by atoms with Crippen LogP contribution >= 0.6 is 7.82 Å². The number of phosphoric acid groups is 1. The Balaban J connectivity index is 4.31. The van der Waals surface area contributed by atoms with Crippen LogP contribution in [0.3, 0.4) is 0 Å². The van der Waals surface area contributed by atoms with Crippen LogP contribution in [0.4, 0.5) is 0 Å². The third-order valence-electron chi connectivity index (χ3n) is 11.5. The second-order valence-corrected chi connectivity index (χ2v) is 20.6. The average Bonchev–Trinajstić information content (AvgIpc) is 3.27. The van der Waals surface area contributed by atoms with Crippen molar-refractivity contribution in [3.05, 3.63) is 60.8 Å². The van der Waals surface area contributed by atoms with E-state index >= 15 is 0 Å². The molecule has 0 aliphatic rings. The van der Waals surface area contributed by atoms with Crippen molar-refractivity contribution in [2.24, 2.45) is 0 Å². The molecule has 0 saturated heterocycles. The molecule has 0 aromatic heterocycles. The van der Waals surface area contributed by atoms with E-state index in [1.54, 1.807) is 0 Å². The van der Waals surface area contributed by atoms with E-state index in [2.05, 4.69) is 74.6 Å². The van der Waals surface area contributed by atoms with Gasteiger partial charge in [-0.15, -0.1) is 0 Å². The molecule has 0 amide bonds. The zero-order chi connectivity index (χ0) is 48.5. The van der Waals surface area contributed by atoms with Gasteiger partial charge >= 0.3 is 11.9 Å². The highest BCUT2D eigenvalue weighted by Gasteiger charge is 2.21. The monoisotopic (exact) mass is 948 g/mol. The number of unbranched alkanes of at least 4 members (excludes halogenated alkanes) is 25. The SMILES string of the molecule is CCCCCCCC/C=C/CCCCCCCCCCCCCC(=O)O[C@H](COC(=O)CCC/C=C/C/C=C/C/C=C/C/C=C/CCCCCCCCC)COP(=O)([O-])OCC[N+](C)(C)C. The highest BCUT2D eigenvalue weighted by atomic mass is 31.2. The summed E-state index contributed by atoms with van der Waals surface area (Å²) < 4.78 is 34.0.